The van der Waals surface area contributed by atoms with E-state index in [1.165, 1.54) is 0 Å². The molecule has 22 heavy (non-hydrogen) atoms. The lowest BCUT2D eigenvalue weighted by Gasteiger charge is -2.15. The molecule has 0 radical (unpaired) electrons. The molecule has 1 rings (SSSR count). The fraction of sp³-hybridized carbons (Fsp3) is 0.769. The molecule has 1 heterocycles. The SMILES string of the molecule is CC(C)C[C@H](N)C(=O)NCC(=O)N[C@@H]1CN[C@H](C(=O)NO)C1. The van der Waals surface area contributed by atoms with Gasteiger partial charge < -0.3 is 21.7 Å². The van der Waals surface area contributed by atoms with E-state index in [-0.39, 0.29) is 24.4 Å². The fourth-order valence-electron chi connectivity index (χ4n) is 2.32. The molecule has 3 amide bonds. The van der Waals surface area contributed by atoms with Gasteiger partial charge in [0.1, 0.15) is 0 Å². The first kappa shape index (κ1) is 18.3. The van der Waals surface area contributed by atoms with Crippen LogP contribution in [0.5, 0.6) is 0 Å². The molecule has 0 aromatic heterocycles. The highest BCUT2D eigenvalue weighted by atomic mass is 16.5. The quantitative estimate of drug-likeness (QED) is 0.233. The van der Waals surface area contributed by atoms with Crippen LogP contribution < -0.4 is 27.2 Å². The van der Waals surface area contributed by atoms with Crippen LogP contribution in [-0.4, -0.2) is 54.1 Å². The van der Waals surface area contributed by atoms with Crippen LogP contribution in [0.2, 0.25) is 0 Å². The molecule has 0 aromatic rings. The van der Waals surface area contributed by atoms with Gasteiger partial charge in [-0.1, -0.05) is 13.8 Å². The van der Waals surface area contributed by atoms with Crippen molar-refractivity contribution >= 4 is 17.7 Å². The maximum atomic E-state index is 11.7. The maximum absolute atomic E-state index is 11.7. The van der Waals surface area contributed by atoms with Crippen LogP contribution in [0, 0.1) is 5.92 Å². The molecule has 1 aliphatic rings. The van der Waals surface area contributed by atoms with Crippen LogP contribution in [0.4, 0.5) is 0 Å². The lowest BCUT2D eigenvalue weighted by atomic mass is 10.0. The topological polar surface area (TPSA) is 146 Å². The van der Waals surface area contributed by atoms with Gasteiger partial charge in [-0.25, -0.2) is 5.48 Å². The van der Waals surface area contributed by atoms with E-state index < -0.39 is 18.0 Å². The number of nitrogens with one attached hydrogen (secondary N) is 4. The summed E-state index contributed by atoms with van der Waals surface area (Å²) in [5.41, 5.74) is 7.28. The van der Waals surface area contributed by atoms with Crippen molar-refractivity contribution in [1.82, 2.24) is 21.4 Å². The van der Waals surface area contributed by atoms with Crippen molar-refractivity contribution in [2.24, 2.45) is 11.7 Å². The molecule has 0 aliphatic carbocycles. The molecule has 1 aliphatic heterocycles. The van der Waals surface area contributed by atoms with Gasteiger partial charge in [0.15, 0.2) is 0 Å². The number of carbonyl (C=O) groups excluding carboxylic acids is 3. The Hall–Kier alpha value is -1.71. The van der Waals surface area contributed by atoms with Gasteiger partial charge in [-0.2, -0.15) is 0 Å². The summed E-state index contributed by atoms with van der Waals surface area (Å²) < 4.78 is 0. The summed E-state index contributed by atoms with van der Waals surface area (Å²) >= 11 is 0. The highest BCUT2D eigenvalue weighted by Crippen LogP contribution is 2.06. The van der Waals surface area contributed by atoms with E-state index >= 15 is 0 Å². The largest absolute Gasteiger partial charge is 0.350 e. The molecule has 1 fully saturated rings. The molecule has 0 spiro atoms. The summed E-state index contributed by atoms with van der Waals surface area (Å²) in [7, 11) is 0. The average Bonchev–Trinajstić information content (AvgIpc) is 2.91. The maximum Gasteiger partial charge on any atom is 0.260 e. The predicted molar refractivity (Wildman–Crippen MR) is 78.7 cm³/mol. The monoisotopic (exact) mass is 315 g/mol. The van der Waals surface area contributed by atoms with Gasteiger partial charge in [0.05, 0.1) is 18.6 Å². The summed E-state index contributed by atoms with van der Waals surface area (Å²) in [5.74, 6) is -0.939. The van der Waals surface area contributed by atoms with Crippen LogP contribution in [0.15, 0.2) is 0 Å². The zero-order valence-electron chi connectivity index (χ0n) is 12.9. The van der Waals surface area contributed by atoms with Crippen molar-refractivity contribution in [3.63, 3.8) is 0 Å². The number of hydrogen-bond donors (Lipinski definition) is 6. The van der Waals surface area contributed by atoms with E-state index in [9.17, 15) is 14.4 Å². The minimum absolute atomic E-state index is 0.155. The first-order chi connectivity index (χ1) is 10.3. The minimum Gasteiger partial charge on any atom is -0.350 e. The van der Waals surface area contributed by atoms with E-state index in [0.717, 1.165) is 0 Å². The van der Waals surface area contributed by atoms with Crippen molar-refractivity contribution in [3.05, 3.63) is 0 Å². The summed E-state index contributed by atoms with van der Waals surface area (Å²) in [4.78, 5) is 34.7. The standard InChI is InChI=1S/C13H25N5O4/c1-7(2)3-9(14)12(20)16-6-11(19)17-8-4-10(15-5-8)13(21)18-22/h7-10,15,22H,3-6,14H2,1-2H3,(H,16,20)(H,17,19)(H,18,21)/t8-,9-,10-/m0/s1. The number of rotatable bonds is 7. The lowest BCUT2D eigenvalue weighted by Crippen LogP contribution is -2.47. The van der Waals surface area contributed by atoms with Crippen molar-refractivity contribution in [2.45, 2.75) is 44.8 Å². The molecule has 9 nitrogen and oxygen atoms in total. The Labute approximate surface area is 129 Å². The van der Waals surface area contributed by atoms with Crippen molar-refractivity contribution in [1.29, 1.82) is 0 Å². The fourth-order valence-corrected chi connectivity index (χ4v) is 2.32. The second-order valence-corrected chi connectivity index (χ2v) is 5.89. The van der Waals surface area contributed by atoms with Crippen LogP contribution in [0.1, 0.15) is 26.7 Å². The zero-order valence-corrected chi connectivity index (χ0v) is 12.9. The Balaban J connectivity index is 2.27. The van der Waals surface area contributed by atoms with Gasteiger partial charge in [-0.15, -0.1) is 0 Å². The zero-order chi connectivity index (χ0) is 16.7. The molecule has 1 saturated heterocycles. The molecule has 0 aromatic carbocycles. The highest BCUT2D eigenvalue weighted by molar-refractivity contribution is 5.87. The first-order valence-electron chi connectivity index (χ1n) is 7.33. The Morgan fingerprint density at radius 2 is 2.05 bits per heavy atom. The second-order valence-electron chi connectivity index (χ2n) is 5.89. The number of carbonyl (C=O) groups is 3. The van der Waals surface area contributed by atoms with Gasteiger partial charge in [-0.05, 0) is 18.8 Å². The van der Waals surface area contributed by atoms with Crippen molar-refractivity contribution in [2.75, 3.05) is 13.1 Å². The normalized spacial score (nSPS) is 22.2. The third-order valence-corrected chi connectivity index (χ3v) is 3.41. The lowest BCUT2D eigenvalue weighted by molar-refractivity contribution is -0.131. The molecular formula is C13H25N5O4. The average molecular weight is 315 g/mol. The molecule has 3 atom stereocenters. The summed E-state index contributed by atoms with van der Waals surface area (Å²) in [6, 6.07) is -1.39. The molecule has 7 N–H and O–H groups in total. The number of amides is 3. The van der Waals surface area contributed by atoms with E-state index in [1.807, 2.05) is 13.8 Å². The Morgan fingerprint density at radius 1 is 1.36 bits per heavy atom. The molecular weight excluding hydrogens is 290 g/mol. The highest BCUT2D eigenvalue weighted by Gasteiger charge is 2.30. The Kier molecular flexibility index (Phi) is 7.22. The third-order valence-electron chi connectivity index (χ3n) is 3.41. The van der Waals surface area contributed by atoms with E-state index in [4.69, 9.17) is 10.9 Å². The van der Waals surface area contributed by atoms with E-state index in [0.29, 0.717) is 25.3 Å². The Bertz CT molecular complexity index is 415. The van der Waals surface area contributed by atoms with Gasteiger partial charge in [0.25, 0.3) is 5.91 Å². The molecule has 126 valence electrons. The van der Waals surface area contributed by atoms with Crippen LogP contribution in [-0.2, 0) is 14.4 Å². The Morgan fingerprint density at radius 3 is 2.64 bits per heavy atom. The van der Waals surface area contributed by atoms with E-state index in [2.05, 4.69) is 16.0 Å². The van der Waals surface area contributed by atoms with Crippen LogP contribution in [0.3, 0.4) is 0 Å². The van der Waals surface area contributed by atoms with Gasteiger partial charge >= 0.3 is 0 Å². The second kappa shape index (κ2) is 8.66. The smallest absolute Gasteiger partial charge is 0.260 e. The van der Waals surface area contributed by atoms with Gasteiger partial charge in [-0.3, -0.25) is 19.6 Å². The molecule has 9 heteroatoms. The van der Waals surface area contributed by atoms with E-state index in [1.54, 1.807) is 5.48 Å². The van der Waals surface area contributed by atoms with Gasteiger partial charge in [0, 0.05) is 12.6 Å². The minimum atomic E-state index is -0.626. The van der Waals surface area contributed by atoms with Gasteiger partial charge in [0.2, 0.25) is 11.8 Å². The number of hydrogen-bond acceptors (Lipinski definition) is 6. The van der Waals surface area contributed by atoms with Crippen LogP contribution >= 0.6 is 0 Å². The molecule has 0 unspecified atom stereocenters. The number of nitrogens with two attached hydrogens (primary N) is 1. The predicted octanol–water partition coefficient (Wildman–Crippen LogP) is -2.17. The first-order valence-corrected chi connectivity index (χ1v) is 7.33. The van der Waals surface area contributed by atoms with Crippen molar-refractivity contribution in [3.8, 4) is 0 Å². The summed E-state index contributed by atoms with van der Waals surface area (Å²) in [6.45, 7) is 4.19. The number of hydroxylamine groups is 1. The molecule has 0 bridgehead atoms. The third kappa shape index (κ3) is 5.96. The summed E-state index contributed by atoms with van der Waals surface area (Å²) in [5, 5.41) is 16.6. The molecule has 0 saturated carbocycles. The summed E-state index contributed by atoms with van der Waals surface area (Å²) in [6.07, 6.45) is 0.927. The van der Waals surface area contributed by atoms with Crippen LogP contribution in [0.25, 0.3) is 0 Å². The van der Waals surface area contributed by atoms with Crippen molar-refractivity contribution < 1.29 is 19.6 Å².